The Hall–Kier alpha value is -2.04. The number of nitrogens with zero attached hydrogens (tertiary/aromatic N) is 1. The molecular formula is C17H12BrClN2O. The SMILES string of the molecule is Clc1ccc(-c2ccc(C=NNc3ccc(Br)cc3)o2)cc1. The maximum absolute atomic E-state index is 5.88. The van der Waals surface area contributed by atoms with Gasteiger partial charge in [-0.1, -0.05) is 27.5 Å². The first-order valence-electron chi connectivity index (χ1n) is 6.61. The molecule has 1 aromatic heterocycles. The van der Waals surface area contributed by atoms with E-state index in [1.807, 2.05) is 60.7 Å². The molecule has 0 saturated heterocycles. The van der Waals surface area contributed by atoms with Crippen molar-refractivity contribution in [1.82, 2.24) is 0 Å². The summed E-state index contributed by atoms with van der Waals surface area (Å²) in [5.41, 5.74) is 4.83. The summed E-state index contributed by atoms with van der Waals surface area (Å²) >= 11 is 9.27. The Balaban J connectivity index is 1.67. The summed E-state index contributed by atoms with van der Waals surface area (Å²) in [5.74, 6) is 1.45. The second-order valence-electron chi connectivity index (χ2n) is 4.59. The Kier molecular flexibility index (Phi) is 4.61. The van der Waals surface area contributed by atoms with Crippen LogP contribution in [0.5, 0.6) is 0 Å². The topological polar surface area (TPSA) is 37.5 Å². The van der Waals surface area contributed by atoms with Crippen LogP contribution in [-0.4, -0.2) is 6.21 Å². The Morgan fingerprint density at radius 3 is 2.41 bits per heavy atom. The molecule has 0 saturated carbocycles. The Labute approximate surface area is 141 Å². The minimum atomic E-state index is 0.676. The number of hydrogen-bond acceptors (Lipinski definition) is 3. The van der Waals surface area contributed by atoms with Crippen molar-refractivity contribution >= 4 is 39.4 Å². The minimum Gasteiger partial charge on any atom is -0.455 e. The summed E-state index contributed by atoms with van der Waals surface area (Å²) in [4.78, 5) is 0. The van der Waals surface area contributed by atoms with Crippen molar-refractivity contribution in [2.75, 3.05) is 5.43 Å². The molecule has 3 nitrogen and oxygen atoms in total. The summed E-state index contributed by atoms with van der Waals surface area (Å²) in [6.07, 6.45) is 1.64. The average Bonchev–Trinajstić information content (AvgIpc) is 2.99. The molecule has 1 N–H and O–H groups in total. The molecular weight excluding hydrogens is 364 g/mol. The lowest BCUT2D eigenvalue weighted by Crippen LogP contribution is -1.88. The van der Waals surface area contributed by atoms with Gasteiger partial charge in [0.05, 0.1) is 11.9 Å². The molecule has 0 aliphatic heterocycles. The van der Waals surface area contributed by atoms with Gasteiger partial charge in [0.2, 0.25) is 0 Å². The zero-order valence-corrected chi connectivity index (χ0v) is 13.8. The summed E-state index contributed by atoms with van der Waals surface area (Å²) < 4.78 is 6.76. The van der Waals surface area contributed by atoms with Crippen LogP contribution in [0.4, 0.5) is 5.69 Å². The van der Waals surface area contributed by atoms with Gasteiger partial charge < -0.3 is 4.42 Å². The lowest BCUT2D eigenvalue weighted by molar-refractivity contribution is 0.575. The molecule has 3 rings (SSSR count). The highest BCUT2D eigenvalue weighted by Gasteiger charge is 2.03. The number of benzene rings is 2. The van der Waals surface area contributed by atoms with E-state index in [1.54, 1.807) is 6.21 Å². The zero-order valence-electron chi connectivity index (χ0n) is 11.5. The highest BCUT2D eigenvalue weighted by atomic mass is 79.9. The smallest absolute Gasteiger partial charge is 0.147 e. The second kappa shape index (κ2) is 6.81. The molecule has 0 radical (unpaired) electrons. The van der Waals surface area contributed by atoms with Crippen molar-refractivity contribution in [3.8, 4) is 11.3 Å². The molecule has 0 spiro atoms. The number of halogens is 2. The van der Waals surface area contributed by atoms with E-state index in [2.05, 4.69) is 26.5 Å². The highest BCUT2D eigenvalue weighted by molar-refractivity contribution is 9.10. The quantitative estimate of drug-likeness (QED) is 0.461. The van der Waals surface area contributed by atoms with E-state index in [9.17, 15) is 0 Å². The van der Waals surface area contributed by atoms with Crippen LogP contribution in [0, 0.1) is 0 Å². The van der Waals surface area contributed by atoms with E-state index in [0.29, 0.717) is 10.8 Å². The van der Waals surface area contributed by atoms with Crippen molar-refractivity contribution in [2.45, 2.75) is 0 Å². The predicted octanol–water partition coefficient (Wildman–Crippen LogP) is 5.81. The molecule has 0 unspecified atom stereocenters. The van der Waals surface area contributed by atoms with Crippen LogP contribution in [0.15, 0.2) is 74.7 Å². The third kappa shape index (κ3) is 3.78. The molecule has 5 heteroatoms. The van der Waals surface area contributed by atoms with Gasteiger partial charge in [-0.25, -0.2) is 0 Å². The van der Waals surface area contributed by atoms with E-state index in [1.165, 1.54) is 0 Å². The van der Waals surface area contributed by atoms with Gasteiger partial charge in [0.25, 0.3) is 0 Å². The fraction of sp³-hybridized carbons (Fsp3) is 0. The van der Waals surface area contributed by atoms with E-state index in [4.69, 9.17) is 16.0 Å². The average molecular weight is 376 g/mol. The van der Waals surface area contributed by atoms with Crippen LogP contribution in [0.2, 0.25) is 5.02 Å². The van der Waals surface area contributed by atoms with E-state index >= 15 is 0 Å². The third-order valence-electron chi connectivity index (χ3n) is 2.99. The van der Waals surface area contributed by atoms with Crippen molar-refractivity contribution in [1.29, 1.82) is 0 Å². The normalized spacial score (nSPS) is 11.0. The summed E-state index contributed by atoms with van der Waals surface area (Å²) in [7, 11) is 0. The molecule has 3 aromatic rings. The molecule has 22 heavy (non-hydrogen) atoms. The molecule has 0 aliphatic rings. The van der Waals surface area contributed by atoms with Gasteiger partial charge in [-0.05, 0) is 60.7 Å². The molecule has 110 valence electrons. The Morgan fingerprint density at radius 2 is 1.68 bits per heavy atom. The van der Waals surface area contributed by atoms with E-state index < -0.39 is 0 Å². The van der Waals surface area contributed by atoms with Crippen LogP contribution in [0.25, 0.3) is 11.3 Å². The monoisotopic (exact) mass is 374 g/mol. The van der Waals surface area contributed by atoms with Gasteiger partial charge >= 0.3 is 0 Å². The third-order valence-corrected chi connectivity index (χ3v) is 3.77. The standard InChI is InChI=1S/C17H12BrClN2O/c18-13-3-7-15(8-4-13)21-20-11-16-9-10-17(22-16)12-1-5-14(19)6-2-12/h1-11,21H. The summed E-state index contributed by atoms with van der Waals surface area (Å²) in [6, 6.07) is 19.0. The molecule has 0 amide bonds. The molecule has 0 fully saturated rings. The van der Waals surface area contributed by atoms with Crippen LogP contribution in [-0.2, 0) is 0 Å². The van der Waals surface area contributed by atoms with Gasteiger partial charge in [0, 0.05) is 15.1 Å². The Bertz CT molecular complexity index is 779. The maximum atomic E-state index is 5.88. The summed E-state index contributed by atoms with van der Waals surface area (Å²) in [6.45, 7) is 0. The number of rotatable bonds is 4. The van der Waals surface area contributed by atoms with Crippen molar-refractivity contribution < 1.29 is 4.42 Å². The van der Waals surface area contributed by atoms with Gasteiger partial charge in [-0.2, -0.15) is 5.10 Å². The number of hydrogen-bond donors (Lipinski definition) is 1. The predicted molar refractivity (Wildman–Crippen MR) is 94.5 cm³/mol. The Morgan fingerprint density at radius 1 is 0.955 bits per heavy atom. The largest absolute Gasteiger partial charge is 0.455 e. The van der Waals surface area contributed by atoms with Crippen molar-refractivity contribution in [3.63, 3.8) is 0 Å². The minimum absolute atomic E-state index is 0.676. The van der Waals surface area contributed by atoms with Crippen molar-refractivity contribution in [2.24, 2.45) is 5.10 Å². The van der Waals surface area contributed by atoms with Crippen molar-refractivity contribution in [3.05, 3.63) is 75.9 Å². The van der Waals surface area contributed by atoms with Gasteiger partial charge in [-0.15, -0.1) is 0 Å². The lowest BCUT2D eigenvalue weighted by atomic mass is 10.2. The first-order chi connectivity index (χ1) is 10.7. The number of furan rings is 1. The molecule has 1 heterocycles. The van der Waals surface area contributed by atoms with E-state index in [0.717, 1.165) is 21.5 Å². The van der Waals surface area contributed by atoms with Gasteiger partial charge in [0.1, 0.15) is 11.5 Å². The fourth-order valence-electron chi connectivity index (χ4n) is 1.89. The first-order valence-corrected chi connectivity index (χ1v) is 7.78. The zero-order chi connectivity index (χ0) is 15.4. The maximum Gasteiger partial charge on any atom is 0.147 e. The second-order valence-corrected chi connectivity index (χ2v) is 5.94. The summed E-state index contributed by atoms with van der Waals surface area (Å²) in [5, 5.41) is 4.86. The lowest BCUT2D eigenvalue weighted by Gasteiger charge is -1.99. The van der Waals surface area contributed by atoms with Gasteiger partial charge in [-0.3, -0.25) is 5.43 Å². The molecule has 0 atom stereocenters. The highest BCUT2D eigenvalue weighted by Crippen LogP contribution is 2.23. The first kappa shape index (κ1) is 14.9. The number of nitrogens with one attached hydrogen (secondary N) is 1. The van der Waals surface area contributed by atoms with Gasteiger partial charge in [0.15, 0.2) is 0 Å². The van der Waals surface area contributed by atoms with Crippen LogP contribution in [0.3, 0.4) is 0 Å². The number of hydrazone groups is 1. The molecule has 0 bridgehead atoms. The number of anilines is 1. The molecule has 2 aromatic carbocycles. The fourth-order valence-corrected chi connectivity index (χ4v) is 2.28. The van der Waals surface area contributed by atoms with Crippen LogP contribution < -0.4 is 5.43 Å². The van der Waals surface area contributed by atoms with Crippen LogP contribution in [0.1, 0.15) is 5.76 Å². The molecule has 0 aliphatic carbocycles. The van der Waals surface area contributed by atoms with Crippen LogP contribution >= 0.6 is 27.5 Å². The van der Waals surface area contributed by atoms with E-state index in [-0.39, 0.29) is 0 Å².